The van der Waals surface area contributed by atoms with Gasteiger partial charge in [-0.25, -0.2) is 9.00 Å². The molecule has 2 rings (SSSR count). The third-order valence-electron chi connectivity index (χ3n) is 4.06. The summed E-state index contributed by atoms with van der Waals surface area (Å²) in [5.41, 5.74) is -1.13. The molecule has 1 aliphatic rings. The summed E-state index contributed by atoms with van der Waals surface area (Å²) >= 11 is 0. The van der Waals surface area contributed by atoms with E-state index in [9.17, 15) is 17.4 Å². The predicted molar refractivity (Wildman–Crippen MR) is 94.3 cm³/mol. The molecule has 140 valence electrons. The number of carbonyl (C=O) groups excluding carboxylic acids is 1. The third-order valence-corrected chi connectivity index (χ3v) is 7.09. The zero-order valence-corrected chi connectivity index (χ0v) is 16.0. The highest BCUT2D eigenvalue weighted by Crippen LogP contribution is 2.36. The van der Waals surface area contributed by atoms with Crippen LogP contribution in [0.2, 0.25) is 0 Å². The summed E-state index contributed by atoms with van der Waals surface area (Å²) in [6.45, 7) is 0. The van der Waals surface area contributed by atoms with Crippen LogP contribution in [0.15, 0.2) is 39.6 Å². The summed E-state index contributed by atoms with van der Waals surface area (Å²) in [5, 5.41) is 0. The summed E-state index contributed by atoms with van der Waals surface area (Å²) in [5.74, 6) is -0.174. The van der Waals surface area contributed by atoms with E-state index in [1.54, 1.807) is 30.3 Å². The Balaban J connectivity index is 2.52. The highest BCUT2D eigenvalue weighted by atomic mass is 32.2. The number of methoxy groups -OCH3 is 1. The highest BCUT2D eigenvalue weighted by molar-refractivity contribution is 7.94. The predicted octanol–water partition coefficient (Wildman–Crippen LogP) is 2.96. The summed E-state index contributed by atoms with van der Waals surface area (Å²) < 4.78 is 50.8. The molecule has 25 heavy (non-hydrogen) atoms. The first-order chi connectivity index (χ1) is 11.7. The van der Waals surface area contributed by atoms with Crippen molar-refractivity contribution in [3.8, 4) is 0 Å². The van der Waals surface area contributed by atoms with Gasteiger partial charge in [0.15, 0.2) is 0 Å². The van der Waals surface area contributed by atoms with Crippen LogP contribution < -0.4 is 0 Å². The van der Waals surface area contributed by atoms with Crippen molar-refractivity contribution in [3.05, 3.63) is 30.3 Å². The summed E-state index contributed by atoms with van der Waals surface area (Å²) in [7, 11) is -5.85. The van der Waals surface area contributed by atoms with E-state index in [0.717, 1.165) is 32.6 Å². The molecule has 1 aromatic rings. The van der Waals surface area contributed by atoms with Crippen molar-refractivity contribution < 1.29 is 26.3 Å². The quantitative estimate of drug-likeness (QED) is 0.718. The molecule has 1 atom stereocenters. The van der Waals surface area contributed by atoms with Crippen molar-refractivity contribution in [1.82, 2.24) is 0 Å². The first-order valence-corrected chi connectivity index (χ1v) is 11.5. The standard InChI is InChI=1S/C16H23NO6S2/c1-22-15(18)17-25(21,14-9-5-3-6-10-14)13-16(23-24(2,19)20)11-7-4-8-12-16/h3,5-6,9-10H,4,7-8,11-13H2,1-2H3. The van der Waals surface area contributed by atoms with Crippen molar-refractivity contribution in [2.24, 2.45) is 4.36 Å². The zero-order valence-electron chi connectivity index (χ0n) is 14.3. The average Bonchev–Trinajstić information content (AvgIpc) is 2.54. The van der Waals surface area contributed by atoms with Crippen LogP contribution in [0, 0.1) is 0 Å². The number of hydrogen-bond acceptors (Lipinski definition) is 6. The minimum atomic E-state index is -3.75. The van der Waals surface area contributed by atoms with Gasteiger partial charge in [-0.15, -0.1) is 4.36 Å². The van der Waals surface area contributed by atoms with Gasteiger partial charge < -0.3 is 4.74 Å². The molecule has 1 fully saturated rings. The summed E-state index contributed by atoms with van der Waals surface area (Å²) in [6, 6.07) is 8.34. The second-order valence-corrected chi connectivity index (χ2v) is 9.99. The van der Waals surface area contributed by atoms with Crippen LogP contribution in [0.5, 0.6) is 0 Å². The van der Waals surface area contributed by atoms with Crippen molar-refractivity contribution in [2.75, 3.05) is 19.1 Å². The van der Waals surface area contributed by atoms with Crippen LogP contribution in [-0.4, -0.2) is 43.4 Å². The number of benzene rings is 1. The van der Waals surface area contributed by atoms with Gasteiger partial charge in [-0.2, -0.15) is 8.42 Å². The Hall–Kier alpha value is -1.45. The molecule has 1 unspecified atom stereocenters. The first-order valence-electron chi connectivity index (χ1n) is 7.97. The SMILES string of the molecule is COC(=O)N=S(=O)(CC1(OS(C)(=O)=O)CCCCC1)c1ccccc1. The topological polar surface area (TPSA) is 99.1 Å². The molecule has 0 spiro atoms. The lowest BCUT2D eigenvalue weighted by Crippen LogP contribution is -2.43. The number of amides is 1. The molecule has 1 aromatic carbocycles. The molecular weight excluding hydrogens is 366 g/mol. The van der Waals surface area contributed by atoms with Crippen LogP contribution in [0.4, 0.5) is 4.79 Å². The number of rotatable bonds is 5. The monoisotopic (exact) mass is 389 g/mol. The lowest BCUT2D eigenvalue weighted by atomic mass is 9.86. The van der Waals surface area contributed by atoms with E-state index < -0.39 is 31.5 Å². The van der Waals surface area contributed by atoms with Crippen LogP contribution in [0.25, 0.3) is 0 Å². The second-order valence-electron chi connectivity index (χ2n) is 6.19. The van der Waals surface area contributed by atoms with E-state index in [4.69, 9.17) is 4.18 Å². The minimum Gasteiger partial charge on any atom is -0.451 e. The van der Waals surface area contributed by atoms with Gasteiger partial charge in [0.2, 0.25) is 0 Å². The van der Waals surface area contributed by atoms with E-state index in [1.165, 1.54) is 0 Å². The van der Waals surface area contributed by atoms with Gasteiger partial charge in [0.1, 0.15) is 5.60 Å². The largest absolute Gasteiger partial charge is 0.451 e. The van der Waals surface area contributed by atoms with Crippen LogP contribution >= 0.6 is 0 Å². The molecule has 0 aliphatic heterocycles. The molecule has 1 saturated carbocycles. The van der Waals surface area contributed by atoms with Crippen molar-refractivity contribution in [3.63, 3.8) is 0 Å². The maximum atomic E-state index is 13.6. The Kier molecular flexibility index (Phi) is 6.23. The molecule has 0 heterocycles. The van der Waals surface area contributed by atoms with Gasteiger partial charge in [0.05, 0.1) is 28.8 Å². The number of ether oxygens (including phenoxy) is 1. The molecule has 9 heteroatoms. The summed E-state index contributed by atoms with van der Waals surface area (Å²) in [6.07, 6.45) is 3.39. The Bertz CT molecular complexity index is 819. The van der Waals surface area contributed by atoms with E-state index in [0.29, 0.717) is 17.7 Å². The maximum absolute atomic E-state index is 13.6. The highest BCUT2D eigenvalue weighted by Gasteiger charge is 2.40. The van der Waals surface area contributed by atoms with Gasteiger partial charge in [0, 0.05) is 4.90 Å². The first kappa shape index (κ1) is 19.9. The normalized spacial score (nSPS) is 19.6. The molecule has 1 amide bonds. The fourth-order valence-corrected chi connectivity index (χ4v) is 6.32. The summed E-state index contributed by atoms with van der Waals surface area (Å²) in [4.78, 5) is 12.1. The molecule has 7 nitrogen and oxygen atoms in total. The van der Waals surface area contributed by atoms with E-state index >= 15 is 0 Å². The minimum absolute atomic E-state index is 0.174. The fraction of sp³-hybridized carbons (Fsp3) is 0.562. The van der Waals surface area contributed by atoms with Crippen LogP contribution in [0.3, 0.4) is 0 Å². The Morgan fingerprint density at radius 2 is 1.72 bits per heavy atom. The molecule has 0 bridgehead atoms. The molecule has 0 aromatic heterocycles. The van der Waals surface area contributed by atoms with Crippen molar-refractivity contribution >= 4 is 25.9 Å². The van der Waals surface area contributed by atoms with E-state index in [-0.39, 0.29) is 5.75 Å². The third kappa shape index (κ3) is 5.52. The Morgan fingerprint density at radius 3 is 2.24 bits per heavy atom. The lowest BCUT2D eigenvalue weighted by Gasteiger charge is -2.36. The number of nitrogens with zero attached hydrogens (tertiary/aromatic N) is 1. The van der Waals surface area contributed by atoms with Gasteiger partial charge in [-0.3, -0.25) is 4.18 Å². The average molecular weight is 389 g/mol. The second kappa shape index (κ2) is 7.84. The van der Waals surface area contributed by atoms with Gasteiger partial charge in [-0.1, -0.05) is 37.5 Å². The lowest BCUT2D eigenvalue weighted by molar-refractivity contribution is 0.0606. The Labute approximate surface area is 149 Å². The Morgan fingerprint density at radius 1 is 1.12 bits per heavy atom. The van der Waals surface area contributed by atoms with Gasteiger partial charge in [0.25, 0.3) is 10.1 Å². The number of hydrogen-bond donors (Lipinski definition) is 0. The zero-order chi connectivity index (χ0) is 18.6. The van der Waals surface area contributed by atoms with Gasteiger partial charge in [-0.05, 0) is 25.0 Å². The van der Waals surface area contributed by atoms with Crippen molar-refractivity contribution in [2.45, 2.75) is 42.6 Å². The molecule has 0 N–H and O–H groups in total. The molecule has 0 saturated heterocycles. The number of carbonyl (C=O) groups is 1. The smallest absolute Gasteiger partial charge is 0.441 e. The van der Waals surface area contributed by atoms with Crippen LogP contribution in [-0.2, 0) is 28.8 Å². The molecule has 0 radical (unpaired) electrons. The maximum Gasteiger partial charge on any atom is 0.441 e. The fourth-order valence-electron chi connectivity index (χ4n) is 3.08. The molecule has 1 aliphatic carbocycles. The molecular formula is C16H23NO6S2. The van der Waals surface area contributed by atoms with Crippen LogP contribution in [0.1, 0.15) is 32.1 Å². The van der Waals surface area contributed by atoms with E-state index in [1.807, 2.05) is 0 Å². The van der Waals surface area contributed by atoms with Crippen molar-refractivity contribution in [1.29, 1.82) is 0 Å². The van der Waals surface area contributed by atoms with E-state index in [2.05, 4.69) is 9.10 Å². The van der Waals surface area contributed by atoms with Gasteiger partial charge >= 0.3 is 6.09 Å².